The topological polar surface area (TPSA) is 96.7 Å². The van der Waals surface area contributed by atoms with Crippen molar-refractivity contribution < 1.29 is 14.5 Å². The molecule has 2 aromatic rings. The van der Waals surface area contributed by atoms with Gasteiger partial charge in [-0.2, -0.15) is 0 Å². The molecule has 3 rings (SSSR count). The summed E-state index contributed by atoms with van der Waals surface area (Å²) in [6.07, 6.45) is 0.794. The molecular weight excluding hydrogens is 336 g/mol. The zero-order chi connectivity index (χ0) is 18.5. The van der Waals surface area contributed by atoms with Gasteiger partial charge in [-0.25, -0.2) is 0 Å². The number of fused-ring (bicyclic) bond motifs is 1. The Labute approximate surface area is 150 Å². The summed E-state index contributed by atoms with van der Waals surface area (Å²) in [4.78, 5) is 24.4. The molecule has 2 aromatic carbocycles. The van der Waals surface area contributed by atoms with E-state index >= 15 is 0 Å². The van der Waals surface area contributed by atoms with Gasteiger partial charge in [0, 0.05) is 25.8 Å². The minimum atomic E-state index is -0.460. The van der Waals surface area contributed by atoms with E-state index in [-0.39, 0.29) is 18.2 Å². The van der Waals surface area contributed by atoms with Crippen molar-refractivity contribution in [2.75, 3.05) is 42.3 Å². The second-order valence-electron chi connectivity index (χ2n) is 6.00. The Bertz CT molecular complexity index is 810. The fraction of sp³-hybridized carbons (Fsp3) is 0.278. The van der Waals surface area contributed by atoms with Crippen LogP contribution < -0.4 is 20.3 Å². The Hall–Kier alpha value is -3.29. The number of ether oxygens (including phenoxy) is 1. The first-order chi connectivity index (χ1) is 12.5. The molecule has 0 bridgehead atoms. The van der Waals surface area contributed by atoms with Gasteiger partial charge in [-0.05, 0) is 24.6 Å². The minimum Gasteiger partial charge on any atom is -0.481 e. The highest BCUT2D eigenvalue weighted by atomic mass is 16.6. The molecule has 0 saturated heterocycles. The molecule has 0 fully saturated rings. The van der Waals surface area contributed by atoms with Crippen LogP contribution in [0.1, 0.15) is 6.42 Å². The van der Waals surface area contributed by atoms with Crippen LogP contribution in [0, 0.1) is 10.1 Å². The molecule has 1 amide bonds. The highest BCUT2D eigenvalue weighted by molar-refractivity contribution is 5.96. The van der Waals surface area contributed by atoms with E-state index in [0.717, 1.165) is 18.7 Å². The molecule has 0 aromatic heterocycles. The number of hydrogen-bond donors (Lipinski definition) is 2. The van der Waals surface area contributed by atoms with Crippen LogP contribution in [-0.2, 0) is 4.79 Å². The van der Waals surface area contributed by atoms with Gasteiger partial charge in [0.05, 0.1) is 16.7 Å². The smallest absolute Gasteiger partial charge is 0.296 e. The molecule has 0 aliphatic carbocycles. The van der Waals surface area contributed by atoms with Crippen molar-refractivity contribution in [1.82, 2.24) is 0 Å². The average molecular weight is 356 g/mol. The quantitative estimate of drug-likeness (QED) is 0.450. The van der Waals surface area contributed by atoms with E-state index in [4.69, 9.17) is 4.74 Å². The first-order valence-corrected chi connectivity index (χ1v) is 8.30. The molecule has 136 valence electrons. The Morgan fingerprint density at radius 3 is 2.81 bits per heavy atom. The van der Waals surface area contributed by atoms with E-state index in [1.54, 1.807) is 6.07 Å². The lowest BCUT2D eigenvalue weighted by Gasteiger charge is -2.20. The maximum absolute atomic E-state index is 11.4. The first-order valence-electron chi connectivity index (χ1n) is 8.30. The molecule has 1 aliphatic heterocycles. The van der Waals surface area contributed by atoms with Gasteiger partial charge in [0.25, 0.3) is 11.6 Å². The zero-order valence-corrected chi connectivity index (χ0v) is 14.4. The van der Waals surface area contributed by atoms with Crippen LogP contribution in [0.2, 0.25) is 0 Å². The number of para-hydroxylation sites is 1. The van der Waals surface area contributed by atoms with Crippen molar-refractivity contribution >= 4 is 28.7 Å². The molecule has 0 spiro atoms. The highest BCUT2D eigenvalue weighted by Gasteiger charge is 2.23. The molecule has 8 heteroatoms. The molecule has 1 aliphatic rings. The number of rotatable bonds is 7. The van der Waals surface area contributed by atoms with E-state index in [0.29, 0.717) is 23.7 Å². The van der Waals surface area contributed by atoms with Gasteiger partial charge in [-0.3, -0.25) is 14.9 Å². The maximum Gasteiger partial charge on any atom is 0.296 e. The van der Waals surface area contributed by atoms with Crippen molar-refractivity contribution in [2.45, 2.75) is 6.42 Å². The van der Waals surface area contributed by atoms with Crippen LogP contribution in [0.15, 0.2) is 42.5 Å². The second-order valence-corrected chi connectivity index (χ2v) is 6.00. The summed E-state index contributed by atoms with van der Waals surface area (Å²) in [6, 6.07) is 12.9. The van der Waals surface area contributed by atoms with Crippen LogP contribution in [0.25, 0.3) is 0 Å². The summed E-state index contributed by atoms with van der Waals surface area (Å²) in [7, 11) is 2.00. The van der Waals surface area contributed by atoms with E-state index in [2.05, 4.69) is 15.5 Å². The van der Waals surface area contributed by atoms with Crippen LogP contribution >= 0.6 is 0 Å². The van der Waals surface area contributed by atoms with Crippen molar-refractivity contribution in [3.8, 4) is 5.75 Å². The van der Waals surface area contributed by atoms with Gasteiger partial charge in [0.15, 0.2) is 12.4 Å². The Balaban J connectivity index is 1.63. The number of amides is 1. The highest BCUT2D eigenvalue weighted by Crippen LogP contribution is 2.37. The third kappa shape index (κ3) is 4.02. The lowest BCUT2D eigenvalue weighted by atomic mass is 10.2. The zero-order valence-electron chi connectivity index (χ0n) is 14.4. The van der Waals surface area contributed by atoms with Crippen LogP contribution in [0.3, 0.4) is 0 Å². The summed E-state index contributed by atoms with van der Waals surface area (Å²) in [5.41, 5.74) is 1.85. The van der Waals surface area contributed by atoms with E-state index < -0.39 is 4.92 Å². The van der Waals surface area contributed by atoms with E-state index in [1.807, 2.05) is 37.4 Å². The standard InChI is InChI=1S/C18H20N4O4/c1-21(13-6-3-2-4-7-13)9-5-8-19-14-10-15-17(11-16(14)22(24)25)26-12-18(23)20-15/h2-4,6-7,10-11,19H,5,8-9,12H2,1H3,(H,20,23). The predicted molar refractivity (Wildman–Crippen MR) is 100 cm³/mol. The van der Waals surface area contributed by atoms with Crippen LogP contribution in [0.4, 0.5) is 22.7 Å². The van der Waals surface area contributed by atoms with Crippen LogP contribution in [-0.4, -0.2) is 37.6 Å². The summed E-state index contributed by atoms with van der Waals surface area (Å²) in [6.45, 7) is 1.23. The third-order valence-electron chi connectivity index (χ3n) is 4.11. The number of nitrogens with one attached hydrogen (secondary N) is 2. The second kappa shape index (κ2) is 7.73. The lowest BCUT2D eigenvalue weighted by Crippen LogP contribution is -2.25. The Morgan fingerprint density at radius 2 is 2.08 bits per heavy atom. The Kier molecular flexibility index (Phi) is 5.21. The van der Waals surface area contributed by atoms with Gasteiger partial charge >= 0.3 is 0 Å². The number of benzene rings is 2. The lowest BCUT2D eigenvalue weighted by molar-refractivity contribution is -0.384. The largest absolute Gasteiger partial charge is 0.481 e. The number of nitro benzene ring substituents is 1. The van der Waals surface area contributed by atoms with Crippen molar-refractivity contribution in [1.29, 1.82) is 0 Å². The van der Waals surface area contributed by atoms with Gasteiger partial charge < -0.3 is 20.3 Å². The summed E-state index contributed by atoms with van der Waals surface area (Å²) in [5, 5.41) is 17.1. The van der Waals surface area contributed by atoms with Crippen molar-refractivity contribution in [3.05, 3.63) is 52.6 Å². The molecule has 2 N–H and O–H groups in total. The normalized spacial score (nSPS) is 12.6. The number of nitrogens with zero attached hydrogens (tertiary/aromatic N) is 2. The Morgan fingerprint density at radius 1 is 1.31 bits per heavy atom. The monoisotopic (exact) mass is 356 g/mol. The van der Waals surface area contributed by atoms with Gasteiger partial charge in [0.2, 0.25) is 0 Å². The SMILES string of the molecule is CN(CCCNc1cc2c(cc1[N+](=O)[O-])OCC(=O)N2)c1ccccc1. The van der Waals surface area contributed by atoms with E-state index in [9.17, 15) is 14.9 Å². The molecular formula is C18H20N4O4. The average Bonchev–Trinajstić information content (AvgIpc) is 2.64. The molecule has 0 atom stereocenters. The minimum absolute atomic E-state index is 0.0729. The molecule has 26 heavy (non-hydrogen) atoms. The van der Waals surface area contributed by atoms with Gasteiger partial charge in [0.1, 0.15) is 5.69 Å². The molecule has 8 nitrogen and oxygen atoms in total. The number of hydrogen-bond acceptors (Lipinski definition) is 6. The molecule has 0 unspecified atom stereocenters. The first kappa shape index (κ1) is 17.5. The molecule has 0 radical (unpaired) electrons. The third-order valence-corrected chi connectivity index (χ3v) is 4.11. The van der Waals surface area contributed by atoms with Gasteiger partial charge in [-0.15, -0.1) is 0 Å². The summed E-state index contributed by atoms with van der Waals surface area (Å²) in [5.74, 6) is 0.0347. The summed E-state index contributed by atoms with van der Waals surface area (Å²) < 4.78 is 5.24. The maximum atomic E-state index is 11.4. The molecule has 0 saturated carbocycles. The predicted octanol–water partition coefficient (Wildman–Crippen LogP) is 2.86. The number of carbonyl (C=O) groups is 1. The number of nitro groups is 1. The van der Waals surface area contributed by atoms with E-state index in [1.165, 1.54) is 6.07 Å². The van der Waals surface area contributed by atoms with Crippen molar-refractivity contribution in [3.63, 3.8) is 0 Å². The number of anilines is 3. The fourth-order valence-electron chi connectivity index (χ4n) is 2.76. The number of carbonyl (C=O) groups excluding carboxylic acids is 1. The van der Waals surface area contributed by atoms with Gasteiger partial charge in [-0.1, -0.05) is 18.2 Å². The van der Waals surface area contributed by atoms with Crippen molar-refractivity contribution in [2.24, 2.45) is 0 Å². The summed E-state index contributed by atoms with van der Waals surface area (Å²) >= 11 is 0. The fourth-order valence-corrected chi connectivity index (χ4v) is 2.76. The molecule has 1 heterocycles. The van der Waals surface area contributed by atoms with Crippen LogP contribution in [0.5, 0.6) is 5.75 Å².